The number of nitrogens with zero attached hydrogens (tertiary/aromatic N) is 4. The molecular formula is C44H58N8O6. The molecule has 14 heteroatoms. The fraction of sp³-hybridized carbons (Fsp3) is 0.500. The number of carbonyl (C=O) groups is 4. The van der Waals surface area contributed by atoms with Gasteiger partial charge in [-0.25, -0.2) is 19.6 Å². The van der Waals surface area contributed by atoms with Crippen LogP contribution in [0.2, 0.25) is 0 Å². The summed E-state index contributed by atoms with van der Waals surface area (Å²) in [6.45, 7) is 17.3. The number of carbonyl (C=O) groups excluding carboxylic acids is 4. The molecule has 6 rings (SSSR count). The summed E-state index contributed by atoms with van der Waals surface area (Å²) >= 11 is 0. The zero-order valence-corrected chi connectivity index (χ0v) is 35.4. The first-order valence-electron chi connectivity index (χ1n) is 20.3. The number of aromatic amines is 2. The van der Waals surface area contributed by atoms with E-state index in [4.69, 9.17) is 19.4 Å². The van der Waals surface area contributed by atoms with Crippen LogP contribution in [0.1, 0.15) is 99.4 Å². The molecule has 2 aliphatic rings. The van der Waals surface area contributed by atoms with Crippen molar-refractivity contribution in [2.45, 2.75) is 105 Å². The van der Waals surface area contributed by atoms with Crippen LogP contribution in [0.25, 0.3) is 33.6 Å². The van der Waals surface area contributed by atoms with Gasteiger partial charge in [0.15, 0.2) is 0 Å². The maximum absolute atomic E-state index is 13.7. The number of aryl methyl sites for hydroxylation is 4. The predicted molar refractivity (Wildman–Crippen MR) is 222 cm³/mol. The van der Waals surface area contributed by atoms with Crippen molar-refractivity contribution in [3.05, 3.63) is 70.6 Å². The van der Waals surface area contributed by atoms with Crippen LogP contribution in [0.3, 0.4) is 0 Å². The van der Waals surface area contributed by atoms with E-state index < -0.39 is 24.3 Å². The molecule has 0 spiro atoms. The molecule has 0 aliphatic carbocycles. The molecule has 4 aromatic rings. The number of alkyl carbamates (subject to hydrolysis) is 2. The monoisotopic (exact) mass is 794 g/mol. The smallest absolute Gasteiger partial charge is 0.407 e. The summed E-state index contributed by atoms with van der Waals surface area (Å²) in [6.07, 6.45) is 5.67. The summed E-state index contributed by atoms with van der Waals surface area (Å²) in [7, 11) is 2.59. The highest BCUT2D eigenvalue weighted by molar-refractivity contribution is 5.87. The third-order valence-corrected chi connectivity index (χ3v) is 11.6. The molecule has 4 N–H and O–H groups in total. The van der Waals surface area contributed by atoms with Gasteiger partial charge in [0.2, 0.25) is 11.8 Å². The lowest BCUT2D eigenvalue weighted by atomic mass is 9.86. The molecular weight excluding hydrogens is 737 g/mol. The van der Waals surface area contributed by atoms with E-state index >= 15 is 0 Å². The molecule has 4 heterocycles. The van der Waals surface area contributed by atoms with Crippen molar-refractivity contribution in [3.63, 3.8) is 0 Å². The number of imidazole rings is 2. The van der Waals surface area contributed by atoms with Gasteiger partial charge in [-0.2, -0.15) is 0 Å². The number of benzene rings is 2. The minimum Gasteiger partial charge on any atom is -0.453 e. The van der Waals surface area contributed by atoms with Crippen LogP contribution in [0.5, 0.6) is 0 Å². The van der Waals surface area contributed by atoms with Crippen molar-refractivity contribution in [3.8, 4) is 33.6 Å². The van der Waals surface area contributed by atoms with E-state index in [1.54, 1.807) is 0 Å². The quantitative estimate of drug-likeness (QED) is 0.121. The van der Waals surface area contributed by atoms with Gasteiger partial charge in [0.1, 0.15) is 23.7 Å². The molecule has 4 amide bonds. The second kappa shape index (κ2) is 17.5. The second-order valence-corrected chi connectivity index (χ2v) is 16.4. The summed E-state index contributed by atoms with van der Waals surface area (Å²) in [5.41, 5.74) is 10.7. The molecule has 58 heavy (non-hydrogen) atoms. The average Bonchev–Trinajstić information content (AvgIpc) is 4.02. The Hall–Kier alpha value is -5.66. The van der Waals surface area contributed by atoms with Gasteiger partial charge in [-0.1, -0.05) is 27.7 Å². The number of hydrogen-bond donors (Lipinski definition) is 4. The zero-order valence-electron chi connectivity index (χ0n) is 35.4. The summed E-state index contributed by atoms with van der Waals surface area (Å²) in [4.78, 5) is 71.6. The molecule has 2 aromatic carbocycles. The Morgan fingerprint density at radius 2 is 0.983 bits per heavy atom. The fourth-order valence-electron chi connectivity index (χ4n) is 8.72. The lowest BCUT2D eigenvalue weighted by Gasteiger charge is -2.30. The average molecular weight is 795 g/mol. The standard InChI is InChI=1S/C44H58N8O6/c1-23(2)37(49-43(55)57-9)41(53)51-15-11-13-33(51)39-45-21-31(47-39)29-17-25(5)35(26(6)18-29)36-27(7)19-30(20-28(36)8)32-22-46-40(48-32)34-14-12-16-52(34)42(54)38(24(3)4)50-44(56)58-10/h17-24,33-34,37-38H,11-16H2,1-10H3,(H,45,47)(H,46,48)(H,49,55)(H,50,56)/t33?,34?,37-,38-/m0/s1. The molecule has 2 fully saturated rings. The number of methoxy groups -OCH3 is 2. The van der Waals surface area contributed by atoms with E-state index in [0.29, 0.717) is 13.1 Å². The van der Waals surface area contributed by atoms with Crippen LogP contribution in [0.4, 0.5) is 9.59 Å². The third-order valence-electron chi connectivity index (χ3n) is 11.6. The van der Waals surface area contributed by atoms with E-state index in [1.165, 1.54) is 25.3 Å². The highest BCUT2D eigenvalue weighted by Gasteiger charge is 2.39. The molecule has 0 saturated carbocycles. The van der Waals surface area contributed by atoms with Crippen molar-refractivity contribution in [2.24, 2.45) is 11.8 Å². The number of H-pyrrole nitrogens is 2. The summed E-state index contributed by atoms with van der Waals surface area (Å²) in [5, 5.41) is 5.42. The van der Waals surface area contributed by atoms with Crippen LogP contribution in [-0.4, -0.2) is 93.1 Å². The Balaban J connectivity index is 1.21. The van der Waals surface area contributed by atoms with Crippen LogP contribution in [0.15, 0.2) is 36.7 Å². The van der Waals surface area contributed by atoms with Crippen molar-refractivity contribution in [2.75, 3.05) is 27.3 Å². The highest BCUT2D eigenvalue weighted by Crippen LogP contribution is 2.39. The van der Waals surface area contributed by atoms with Crippen molar-refractivity contribution < 1.29 is 28.7 Å². The SMILES string of the molecule is COC(=O)N[C@H](C(=O)N1CCCC1c1ncc(-c2cc(C)c(-c3c(C)cc(-c4cnc(C5CCCN5C(=O)[C@@H](NC(=O)OC)C(C)C)[nH]4)cc3C)c(C)c2)[nH]1)C(C)C. The Labute approximate surface area is 340 Å². The largest absolute Gasteiger partial charge is 0.453 e. The van der Waals surface area contributed by atoms with Crippen LogP contribution < -0.4 is 10.6 Å². The van der Waals surface area contributed by atoms with Gasteiger partial charge in [-0.05, 0) is 123 Å². The Morgan fingerprint density at radius 3 is 1.29 bits per heavy atom. The molecule has 2 saturated heterocycles. The normalized spacial score (nSPS) is 17.8. The molecule has 310 valence electrons. The van der Waals surface area contributed by atoms with E-state index in [9.17, 15) is 19.2 Å². The Bertz CT molecular complexity index is 1970. The van der Waals surface area contributed by atoms with Gasteiger partial charge in [0.05, 0.1) is 50.1 Å². The summed E-state index contributed by atoms with van der Waals surface area (Å²) in [5.74, 6) is 0.960. The highest BCUT2D eigenvalue weighted by atomic mass is 16.5. The van der Waals surface area contributed by atoms with Crippen LogP contribution in [-0.2, 0) is 19.1 Å². The van der Waals surface area contributed by atoms with Gasteiger partial charge in [0, 0.05) is 24.2 Å². The Kier molecular flexibility index (Phi) is 12.6. The summed E-state index contributed by atoms with van der Waals surface area (Å²) < 4.78 is 9.56. The van der Waals surface area contributed by atoms with Crippen molar-refractivity contribution in [1.82, 2.24) is 40.4 Å². The topological polar surface area (TPSA) is 175 Å². The molecule has 0 bridgehead atoms. The van der Waals surface area contributed by atoms with E-state index in [2.05, 4.69) is 72.6 Å². The molecule has 2 aromatic heterocycles. The molecule has 4 atom stereocenters. The third kappa shape index (κ3) is 8.46. The maximum Gasteiger partial charge on any atom is 0.407 e. The number of rotatable bonds is 11. The van der Waals surface area contributed by atoms with Crippen LogP contribution >= 0.6 is 0 Å². The lowest BCUT2D eigenvalue weighted by Crippen LogP contribution is -2.51. The van der Waals surface area contributed by atoms with E-state index in [-0.39, 0.29) is 35.7 Å². The second-order valence-electron chi connectivity index (χ2n) is 16.4. The number of aromatic nitrogens is 4. The lowest BCUT2D eigenvalue weighted by molar-refractivity contribution is -0.136. The Morgan fingerprint density at radius 1 is 0.638 bits per heavy atom. The molecule has 2 aliphatic heterocycles. The van der Waals surface area contributed by atoms with E-state index in [1.807, 2.05) is 49.9 Å². The minimum absolute atomic E-state index is 0.110. The molecule has 0 radical (unpaired) electrons. The minimum atomic E-state index is -0.694. The zero-order chi connectivity index (χ0) is 42.0. The van der Waals surface area contributed by atoms with Gasteiger partial charge < -0.3 is 39.9 Å². The van der Waals surface area contributed by atoms with Crippen LogP contribution in [0, 0.1) is 39.5 Å². The van der Waals surface area contributed by atoms with Gasteiger partial charge in [-0.3, -0.25) is 9.59 Å². The first kappa shape index (κ1) is 42.0. The van der Waals surface area contributed by atoms with Gasteiger partial charge >= 0.3 is 12.2 Å². The maximum atomic E-state index is 13.7. The summed E-state index contributed by atoms with van der Waals surface area (Å²) in [6, 6.07) is 6.90. The number of likely N-dealkylation sites (tertiary alicyclic amines) is 2. The number of amides is 4. The van der Waals surface area contributed by atoms with Gasteiger partial charge in [0.25, 0.3) is 0 Å². The van der Waals surface area contributed by atoms with Gasteiger partial charge in [-0.15, -0.1) is 0 Å². The number of hydrogen-bond acceptors (Lipinski definition) is 8. The first-order valence-corrected chi connectivity index (χ1v) is 20.3. The molecule has 14 nitrogen and oxygen atoms in total. The number of nitrogens with one attached hydrogen (secondary N) is 4. The predicted octanol–water partition coefficient (Wildman–Crippen LogP) is 7.46. The number of ether oxygens (including phenoxy) is 2. The first-order chi connectivity index (χ1) is 27.6. The fourth-order valence-corrected chi connectivity index (χ4v) is 8.72. The van der Waals surface area contributed by atoms with Crippen molar-refractivity contribution in [1.29, 1.82) is 0 Å². The van der Waals surface area contributed by atoms with Crippen molar-refractivity contribution >= 4 is 24.0 Å². The molecule has 2 unspecified atom stereocenters. The van der Waals surface area contributed by atoms with E-state index in [0.717, 1.165) is 82.1 Å².